The minimum atomic E-state index is -0.243. The molecule has 0 saturated heterocycles. The Labute approximate surface area is 173 Å². The van der Waals surface area contributed by atoms with Crippen LogP contribution < -0.4 is 0 Å². The second-order valence-electron chi connectivity index (χ2n) is 10.4. The van der Waals surface area contributed by atoms with E-state index in [0.29, 0.717) is 23.9 Å². The molecule has 0 aromatic heterocycles. The molecule has 4 aliphatic carbocycles. The molecule has 4 saturated carbocycles. The van der Waals surface area contributed by atoms with Gasteiger partial charge < -0.3 is 9.84 Å². The maximum absolute atomic E-state index is 11.3. The SMILES string of the molecule is CC.CCCOC1CCC2CCC3C4CCC(C#N)C4(C)CC(O)C3C2(C)C1. The minimum absolute atomic E-state index is 0.0330. The van der Waals surface area contributed by atoms with E-state index in [1.807, 2.05) is 13.8 Å². The highest BCUT2D eigenvalue weighted by Crippen LogP contribution is 2.67. The lowest BCUT2D eigenvalue weighted by Gasteiger charge is -2.62. The van der Waals surface area contributed by atoms with Gasteiger partial charge >= 0.3 is 0 Å². The van der Waals surface area contributed by atoms with Gasteiger partial charge in [0.05, 0.1) is 24.2 Å². The van der Waals surface area contributed by atoms with Gasteiger partial charge in [0.2, 0.25) is 0 Å². The van der Waals surface area contributed by atoms with Gasteiger partial charge in [0.25, 0.3) is 0 Å². The van der Waals surface area contributed by atoms with Crippen LogP contribution in [0, 0.1) is 51.8 Å². The maximum Gasteiger partial charge on any atom is 0.0661 e. The lowest BCUT2D eigenvalue weighted by molar-refractivity contribution is -0.182. The number of aliphatic hydroxyl groups excluding tert-OH is 1. The van der Waals surface area contributed by atoms with Crippen LogP contribution in [-0.2, 0) is 4.74 Å². The van der Waals surface area contributed by atoms with Gasteiger partial charge in [-0.3, -0.25) is 0 Å². The number of fused-ring (bicyclic) bond motifs is 5. The number of aliphatic hydroxyl groups is 1. The van der Waals surface area contributed by atoms with Crippen molar-refractivity contribution < 1.29 is 9.84 Å². The van der Waals surface area contributed by atoms with Gasteiger partial charge in [-0.25, -0.2) is 0 Å². The first kappa shape index (κ1) is 22.1. The molecule has 0 bridgehead atoms. The molecule has 160 valence electrons. The molecule has 4 rings (SSSR count). The van der Waals surface area contributed by atoms with Crippen LogP contribution in [0.25, 0.3) is 0 Å². The lowest BCUT2D eigenvalue weighted by Crippen LogP contribution is -2.59. The molecule has 1 N–H and O–H groups in total. The molecule has 0 heterocycles. The van der Waals surface area contributed by atoms with E-state index in [2.05, 4.69) is 26.8 Å². The summed E-state index contributed by atoms with van der Waals surface area (Å²) in [6.45, 7) is 11.8. The van der Waals surface area contributed by atoms with Crippen LogP contribution in [0.15, 0.2) is 0 Å². The summed E-state index contributed by atoms with van der Waals surface area (Å²) in [5.74, 6) is 2.53. The van der Waals surface area contributed by atoms with Gasteiger partial charge in [0, 0.05) is 6.61 Å². The highest BCUT2D eigenvalue weighted by molar-refractivity contribution is 5.14. The van der Waals surface area contributed by atoms with Crippen molar-refractivity contribution in [3.05, 3.63) is 0 Å². The molecular weight excluding hydrogens is 346 g/mol. The highest BCUT2D eigenvalue weighted by atomic mass is 16.5. The van der Waals surface area contributed by atoms with Crippen LogP contribution in [0.1, 0.15) is 92.4 Å². The third kappa shape index (κ3) is 3.43. The Balaban J connectivity index is 0.00000109. The predicted molar refractivity (Wildman–Crippen MR) is 114 cm³/mol. The Morgan fingerprint density at radius 3 is 2.39 bits per heavy atom. The number of nitrogens with zero attached hydrogens (tertiary/aromatic N) is 1. The molecule has 3 heteroatoms. The smallest absolute Gasteiger partial charge is 0.0661 e. The third-order valence-electron chi connectivity index (χ3n) is 9.21. The van der Waals surface area contributed by atoms with Crippen molar-refractivity contribution in [2.24, 2.45) is 40.4 Å². The molecule has 9 atom stereocenters. The maximum atomic E-state index is 11.3. The van der Waals surface area contributed by atoms with E-state index in [9.17, 15) is 10.4 Å². The summed E-state index contributed by atoms with van der Waals surface area (Å²) in [5, 5.41) is 21.0. The fraction of sp³-hybridized carbons (Fsp3) is 0.960. The summed E-state index contributed by atoms with van der Waals surface area (Å²) < 4.78 is 6.18. The third-order valence-corrected chi connectivity index (χ3v) is 9.21. The molecule has 3 nitrogen and oxygen atoms in total. The highest BCUT2D eigenvalue weighted by Gasteiger charge is 2.63. The Kier molecular flexibility index (Phi) is 6.83. The Morgan fingerprint density at radius 1 is 1.00 bits per heavy atom. The van der Waals surface area contributed by atoms with Gasteiger partial charge in [-0.1, -0.05) is 34.6 Å². The average Bonchev–Trinajstić information content (AvgIpc) is 3.02. The van der Waals surface area contributed by atoms with Gasteiger partial charge in [-0.05, 0) is 92.3 Å². The van der Waals surface area contributed by atoms with Crippen LogP contribution in [0.2, 0.25) is 0 Å². The van der Waals surface area contributed by atoms with Crippen LogP contribution in [0.3, 0.4) is 0 Å². The minimum Gasteiger partial charge on any atom is -0.393 e. The van der Waals surface area contributed by atoms with Gasteiger partial charge in [-0.15, -0.1) is 0 Å². The van der Waals surface area contributed by atoms with E-state index >= 15 is 0 Å². The van der Waals surface area contributed by atoms with Gasteiger partial charge in [0.1, 0.15) is 0 Å². The molecule has 9 unspecified atom stereocenters. The molecule has 0 spiro atoms. The number of nitriles is 1. The van der Waals surface area contributed by atoms with Crippen LogP contribution in [0.4, 0.5) is 0 Å². The zero-order chi connectivity index (χ0) is 20.5. The van der Waals surface area contributed by atoms with E-state index in [4.69, 9.17) is 4.74 Å². The summed E-state index contributed by atoms with van der Waals surface area (Å²) in [4.78, 5) is 0. The van der Waals surface area contributed by atoms with E-state index < -0.39 is 0 Å². The Morgan fingerprint density at radius 2 is 1.71 bits per heavy atom. The summed E-state index contributed by atoms with van der Waals surface area (Å²) >= 11 is 0. The first-order chi connectivity index (χ1) is 13.4. The molecule has 0 aliphatic heterocycles. The number of rotatable bonds is 3. The van der Waals surface area contributed by atoms with E-state index in [1.165, 1.54) is 32.1 Å². The second kappa shape index (κ2) is 8.65. The number of hydrogen-bond donors (Lipinski definition) is 1. The van der Waals surface area contributed by atoms with Crippen molar-refractivity contribution in [2.45, 2.75) is 105 Å². The topological polar surface area (TPSA) is 53.2 Å². The van der Waals surface area contributed by atoms with Gasteiger partial charge in [-0.2, -0.15) is 5.26 Å². The monoisotopic (exact) mass is 389 g/mol. The van der Waals surface area contributed by atoms with E-state index in [0.717, 1.165) is 38.2 Å². The van der Waals surface area contributed by atoms with E-state index in [1.54, 1.807) is 0 Å². The van der Waals surface area contributed by atoms with Crippen molar-refractivity contribution in [2.75, 3.05) is 6.61 Å². The van der Waals surface area contributed by atoms with Crippen molar-refractivity contribution >= 4 is 0 Å². The Hall–Kier alpha value is -0.590. The molecular formula is C25H43NO2. The molecule has 0 radical (unpaired) electrons. The van der Waals surface area contributed by atoms with Gasteiger partial charge in [0.15, 0.2) is 0 Å². The summed E-state index contributed by atoms with van der Waals surface area (Å²) in [6.07, 6.45) is 10.5. The first-order valence-corrected chi connectivity index (χ1v) is 12.1. The summed E-state index contributed by atoms with van der Waals surface area (Å²) in [5.41, 5.74) is 0.246. The Bertz CT molecular complexity index is 571. The zero-order valence-corrected chi connectivity index (χ0v) is 18.9. The molecule has 4 aliphatic rings. The number of hydrogen-bond acceptors (Lipinski definition) is 3. The molecule has 4 fully saturated rings. The largest absolute Gasteiger partial charge is 0.393 e. The fourth-order valence-electron chi connectivity index (χ4n) is 8.07. The molecule has 0 aromatic rings. The molecule has 0 aromatic carbocycles. The van der Waals surface area contributed by atoms with Crippen molar-refractivity contribution in [1.29, 1.82) is 5.26 Å². The van der Waals surface area contributed by atoms with E-state index in [-0.39, 0.29) is 22.9 Å². The molecule has 28 heavy (non-hydrogen) atoms. The summed E-state index contributed by atoms with van der Waals surface area (Å²) in [7, 11) is 0. The van der Waals surface area contributed by atoms with Crippen LogP contribution >= 0.6 is 0 Å². The summed E-state index contributed by atoms with van der Waals surface area (Å²) in [6, 6.07) is 2.58. The first-order valence-electron chi connectivity index (χ1n) is 12.1. The standard InChI is InChI=1S/C23H37NO2.C2H6/c1-4-11-26-17-8-5-15-6-9-18-19-10-7-16(14-24)22(19,2)13-20(25)21(18)23(15,3)12-17;1-2/h15-21,25H,4-13H2,1-3H3;1-2H3. The number of ether oxygens (including phenoxy) is 1. The quantitative estimate of drug-likeness (QED) is 0.648. The van der Waals surface area contributed by atoms with Crippen molar-refractivity contribution in [3.8, 4) is 6.07 Å². The van der Waals surface area contributed by atoms with Crippen molar-refractivity contribution in [1.82, 2.24) is 0 Å². The van der Waals surface area contributed by atoms with Crippen molar-refractivity contribution in [3.63, 3.8) is 0 Å². The fourth-order valence-corrected chi connectivity index (χ4v) is 8.07. The molecule has 0 amide bonds. The lowest BCUT2D eigenvalue weighted by atomic mass is 9.44. The van der Waals surface area contributed by atoms with Crippen LogP contribution in [-0.4, -0.2) is 23.9 Å². The van der Waals surface area contributed by atoms with Crippen LogP contribution in [0.5, 0.6) is 0 Å². The zero-order valence-electron chi connectivity index (χ0n) is 18.9. The normalized spacial score (nSPS) is 49.7. The second-order valence-corrected chi connectivity index (χ2v) is 10.4. The average molecular weight is 390 g/mol. The predicted octanol–water partition coefficient (Wildman–Crippen LogP) is 5.96.